The molecule has 1 aliphatic heterocycles. The van der Waals surface area contributed by atoms with Crippen LogP contribution < -0.4 is 14.8 Å². The number of thiophene rings is 1. The van der Waals surface area contributed by atoms with Gasteiger partial charge < -0.3 is 19.5 Å². The molecular formula is C25H27N3O5S2. The number of nitrogens with one attached hydrogen (secondary N) is 2. The molecule has 8 nitrogen and oxygen atoms in total. The molecule has 35 heavy (non-hydrogen) atoms. The third kappa shape index (κ3) is 5.07. The molecule has 0 unspecified atom stereocenters. The molecule has 0 saturated carbocycles. The number of aromatic nitrogens is 1. The zero-order valence-corrected chi connectivity index (χ0v) is 20.8. The molecular weight excluding hydrogens is 486 g/mol. The normalized spacial score (nSPS) is 16.0. The summed E-state index contributed by atoms with van der Waals surface area (Å²) >= 11 is 1.13. The van der Waals surface area contributed by atoms with Gasteiger partial charge in [-0.05, 0) is 47.7 Å². The third-order valence-electron chi connectivity index (χ3n) is 6.03. The number of benzene rings is 2. The first-order valence-electron chi connectivity index (χ1n) is 11.3. The molecule has 5 rings (SSSR count). The van der Waals surface area contributed by atoms with Gasteiger partial charge in [-0.15, -0.1) is 11.3 Å². The van der Waals surface area contributed by atoms with E-state index < -0.39 is 21.9 Å². The quantitative estimate of drug-likeness (QED) is 0.255. The second kappa shape index (κ2) is 9.29. The molecule has 2 aromatic carbocycles. The van der Waals surface area contributed by atoms with E-state index in [0.717, 1.165) is 40.1 Å². The average Bonchev–Trinajstić information content (AvgIpc) is 3.48. The Balaban J connectivity index is 1.26. The van der Waals surface area contributed by atoms with E-state index in [0.29, 0.717) is 24.3 Å². The molecule has 4 N–H and O–H groups in total. The van der Waals surface area contributed by atoms with Gasteiger partial charge >= 0.3 is 0 Å². The molecule has 0 bridgehead atoms. The number of rotatable bonds is 9. The standard InChI is InChI=1S/C25H27N3O5S2/c1-25(30,14-18-16-28-10-11-33-22-8-3-7-20(18)24(22)28)26-15-21(29)17-5-2-6-19(13-17)27-35(31,32)23-9-4-12-34-23/h2-9,12-13,16,21,26-27,29-30H,10-11,14-15H2,1H3/t21-,25-/m0/s1. The van der Waals surface area contributed by atoms with Crippen LogP contribution in [0.15, 0.2) is 70.4 Å². The number of anilines is 1. The maximum absolute atomic E-state index is 12.5. The lowest BCUT2D eigenvalue weighted by molar-refractivity contribution is 0.0112. The van der Waals surface area contributed by atoms with Crippen LogP contribution in [0, 0.1) is 0 Å². The summed E-state index contributed by atoms with van der Waals surface area (Å²) in [6.07, 6.45) is 1.44. The Morgan fingerprint density at radius 1 is 1.20 bits per heavy atom. The minimum Gasteiger partial charge on any atom is -0.490 e. The van der Waals surface area contributed by atoms with Crippen LogP contribution in [0.25, 0.3) is 10.9 Å². The highest BCUT2D eigenvalue weighted by Gasteiger charge is 2.26. The molecule has 2 aromatic heterocycles. The zero-order valence-electron chi connectivity index (χ0n) is 19.1. The van der Waals surface area contributed by atoms with Gasteiger partial charge in [0, 0.05) is 30.2 Å². The van der Waals surface area contributed by atoms with E-state index in [2.05, 4.69) is 14.6 Å². The van der Waals surface area contributed by atoms with Gasteiger partial charge in [-0.3, -0.25) is 10.0 Å². The first-order chi connectivity index (χ1) is 16.7. The van der Waals surface area contributed by atoms with Gasteiger partial charge in [-0.2, -0.15) is 0 Å². The van der Waals surface area contributed by atoms with Crippen LogP contribution in [0.4, 0.5) is 5.69 Å². The van der Waals surface area contributed by atoms with Crippen molar-refractivity contribution in [1.29, 1.82) is 0 Å². The predicted octanol–water partition coefficient (Wildman–Crippen LogP) is 3.47. The summed E-state index contributed by atoms with van der Waals surface area (Å²) in [6, 6.07) is 15.7. The second-order valence-electron chi connectivity index (χ2n) is 8.86. The van der Waals surface area contributed by atoms with Crippen molar-refractivity contribution >= 4 is 38.0 Å². The van der Waals surface area contributed by atoms with Crippen molar-refractivity contribution in [3.63, 3.8) is 0 Å². The number of sulfonamides is 1. The van der Waals surface area contributed by atoms with Crippen LogP contribution in [0.3, 0.4) is 0 Å². The first-order valence-corrected chi connectivity index (χ1v) is 13.6. The van der Waals surface area contributed by atoms with Gasteiger partial charge in [0.1, 0.15) is 22.3 Å². The zero-order chi connectivity index (χ0) is 24.6. The van der Waals surface area contributed by atoms with Crippen molar-refractivity contribution in [2.75, 3.05) is 17.9 Å². The van der Waals surface area contributed by atoms with E-state index in [1.165, 1.54) is 6.07 Å². The fourth-order valence-corrected chi connectivity index (χ4v) is 6.43. The maximum atomic E-state index is 12.5. The van der Waals surface area contributed by atoms with Crippen molar-refractivity contribution in [1.82, 2.24) is 9.88 Å². The number of para-hydroxylation sites is 1. The van der Waals surface area contributed by atoms with Gasteiger partial charge in [-0.25, -0.2) is 8.42 Å². The lowest BCUT2D eigenvalue weighted by atomic mass is 10.0. The Kier molecular flexibility index (Phi) is 6.32. The summed E-state index contributed by atoms with van der Waals surface area (Å²) in [7, 11) is -3.68. The molecule has 0 saturated heterocycles. The lowest BCUT2D eigenvalue weighted by Gasteiger charge is -2.26. The van der Waals surface area contributed by atoms with Crippen LogP contribution in [-0.2, 0) is 23.0 Å². The Hall–Kier alpha value is -2.89. The Bertz CT molecular complexity index is 1450. The molecule has 0 radical (unpaired) electrons. The monoisotopic (exact) mass is 513 g/mol. The van der Waals surface area contributed by atoms with Crippen LogP contribution in [-0.4, -0.2) is 42.1 Å². The van der Waals surface area contributed by atoms with Crippen LogP contribution in [0.2, 0.25) is 0 Å². The topological polar surface area (TPSA) is 113 Å². The molecule has 4 aromatic rings. The summed E-state index contributed by atoms with van der Waals surface area (Å²) in [4.78, 5) is 0. The molecule has 0 fully saturated rings. The van der Waals surface area contributed by atoms with E-state index in [1.807, 2.05) is 24.4 Å². The molecule has 3 heterocycles. The highest BCUT2D eigenvalue weighted by Crippen LogP contribution is 2.33. The molecule has 184 valence electrons. The number of hydrogen-bond donors (Lipinski definition) is 4. The highest BCUT2D eigenvalue weighted by atomic mass is 32.2. The fraction of sp³-hybridized carbons (Fsp3) is 0.280. The Morgan fingerprint density at radius 2 is 2.03 bits per heavy atom. The van der Waals surface area contributed by atoms with Crippen molar-refractivity contribution < 1.29 is 23.4 Å². The van der Waals surface area contributed by atoms with E-state index in [4.69, 9.17) is 4.74 Å². The summed E-state index contributed by atoms with van der Waals surface area (Å²) in [5.41, 5.74) is 1.64. The summed E-state index contributed by atoms with van der Waals surface area (Å²) in [5, 5.41) is 27.6. The Labute approximate surface area is 207 Å². The fourth-order valence-electron chi connectivity index (χ4n) is 4.39. The smallest absolute Gasteiger partial charge is 0.271 e. The first kappa shape index (κ1) is 23.8. The van der Waals surface area contributed by atoms with E-state index in [9.17, 15) is 18.6 Å². The molecule has 10 heteroatoms. The molecule has 0 spiro atoms. The van der Waals surface area contributed by atoms with Crippen LogP contribution in [0.5, 0.6) is 5.75 Å². The van der Waals surface area contributed by atoms with Gasteiger partial charge in [-0.1, -0.05) is 30.3 Å². The molecule has 0 aliphatic carbocycles. The Morgan fingerprint density at radius 3 is 2.83 bits per heavy atom. The molecule has 0 amide bonds. The SMILES string of the molecule is C[C@](O)(Cc1cn2c3c(cccc13)OCC2)NC[C@H](O)c1cccc(NS(=O)(=O)c2cccs2)c1. The van der Waals surface area contributed by atoms with Crippen molar-refractivity contribution in [2.24, 2.45) is 0 Å². The largest absolute Gasteiger partial charge is 0.490 e. The van der Waals surface area contributed by atoms with Crippen molar-refractivity contribution in [3.8, 4) is 5.75 Å². The number of nitrogens with zero attached hydrogens (tertiary/aromatic N) is 1. The second-order valence-corrected chi connectivity index (χ2v) is 11.7. The number of aliphatic hydroxyl groups excluding tert-OH is 1. The summed E-state index contributed by atoms with van der Waals surface area (Å²) < 4.78 is 35.7. The molecule has 2 atom stereocenters. The van der Waals surface area contributed by atoms with Crippen LogP contribution in [0.1, 0.15) is 24.2 Å². The van der Waals surface area contributed by atoms with Gasteiger partial charge in [0.25, 0.3) is 10.0 Å². The van der Waals surface area contributed by atoms with E-state index >= 15 is 0 Å². The predicted molar refractivity (Wildman–Crippen MR) is 136 cm³/mol. The van der Waals surface area contributed by atoms with Gasteiger partial charge in [0.05, 0.1) is 18.2 Å². The number of ether oxygens (including phenoxy) is 1. The van der Waals surface area contributed by atoms with Crippen LogP contribution >= 0.6 is 11.3 Å². The number of aliphatic hydroxyl groups is 2. The average molecular weight is 514 g/mol. The minimum atomic E-state index is -3.68. The number of hydrogen-bond acceptors (Lipinski definition) is 7. The van der Waals surface area contributed by atoms with Gasteiger partial charge in [0.2, 0.25) is 0 Å². The third-order valence-corrected chi connectivity index (χ3v) is 8.81. The van der Waals surface area contributed by atoms with Crippen molar-refractivity contribution in [3.05, 3.63) is 77.3 Å². The molecule has 1 aliphatic rings. The van der Waals surface area contributed by atoms with E-state index in [-0.39, 0.29) is 10.8 Å². The van der Waals surface area contributed by atoms with Gasteiger partial charge in [0.15, 0.2) is 0 Å². The van der Waals surface area contributed by atoms with E-state index in [1.54, 1.807) is 42.6 Å². The maximum Gasteiger partial charge on any atom is 0.271 e. The lowest BCUT2D eigenvalue weighted by Crippen LogP contribution is -2.46. The summed E-state index contributed by atoms with van der Waals surface area (Å²) in [5.74, 6) is 0.845. The van der Waals surface area contributed by atoms with Crippen molar-refractivity contribution in [2.45, 2.75) is 35.9 Å². The minimum absolute atomic E-state index is 0.0845. The highest BCUT2D eigenvalue weighted by molar-refractivity contribution is 7.94. The summed E-state index contributed by atoms with van der Waals surface area (Å²) in [6.45, 7) is 3.13.